The fourth-order valence-electron chi connectivity index (χ4n) is 5.48. The minimum Gasteiger partial charge on any atom is -0.496 e. The van der Waals surface area contributed by atoms with Crippen molar-refractivity contribution in [3.8, 4) is 5.75 Å². The second kappa shape index (κ2) is 11.4. The molecule has 2 aromatic rings. The van der Waals surface area contributed by atoms with Crippen LogP contribution in [0.5, 0.6) is 5.75 Å². The standard InChI is InChI=1S/C31H37NO6S/c1-8-37-29(34)24-17(3)32-20-16-19(18-12-10-11-13-21(18)36-7)25(30(35)38-9-2)28(33)26(20)27(24)22-14-15-23(39-22)31(4,5)6/h10-15,19,25,27,32H,8-9,16H2,1-7H3/t19-,25-,27-/m1/s1. The number of carbonyl (C=O) groups is 3. The number of methoxy groups -OCH3 is 1. The first-order chi connectivity index (χ1) is 18.5. The number of Topliss-reactive ketones (excluding diaryl/α,β-unsaturated/α-hetero) is 1. The molecule has 0 amide bonds. The maximum absolute atomic E-state index is 14.5. The highest BCUT2D eigenvalue weighted by molar-refractivity contribution is 7.12. The monoisotopic (exact) mass is 551 g/mol. The lowest BCUT2D eigenvalue weighted by molar-refractivity contribution is -0.152. The molecule has 1 aliphatic carbocycles. The molecule has 1 aromatic heterocycles. The molecule has 0 saturated carbocycles. The van der Waals surface area contributed by atoms with E-state index < -0.39 is 29.7 Å². The fraction of sp³-hybridized carbons (Fsp3) is 0.452. The number of thiophene rings is 1. The van der Waals surface area contributed by atoms with E-state index in [2.05, 4.69) is 26.1 Å². The van der Waals surface area contributed by atoms with Crippen LogP contribution < -0.4 is 10.1 Å². The Hall–Kier alpha value is -3.39. The van der Waals surface area contributed by atoms with E-state index in [1.165, 1.54) is 0 Å². The summed E-state index contributed by atoms with van der Waals surface area (Å²) >= 11 is 1.58. The molecule has 3 atom stereocenters. The highest BCUT2D eigenvalue weighted by atomic mass is 32.1. The molecule has 2 aliphatic rings. The summed E-state index contributed by atoms with van der Waals surface area (Å²) in [5.41, 5.74) is 2.83. The van der Waals surface area contributed by atoms with Gasteiger partial charge in [0.05, 0.1) is 31.8 Å². The summed E-state index contributed by atoms with van der Waals surface area (Å²) < 4.78 is 16.5. The summed E-state index contributed by atoms with van der Waals surface area (Å²) in [5, 5.41) is 3.35. The molecule has 2 heterocycles. The number of allylic oxidation sites excluding steroid dienone is 3. The van der Waals surface area contributed by atoms with Crippen LogP contribution in [0.4, 0.5) is 0 Å². The van der Waals surface area contributed by atoms with Crippen molar-refractivity contribution in [2.24, 2.45) is 5.92 Å². The van der Waals surface area contributed by atoms with Crippen LogP contribution in [0.3, 0.4) is 0 Å². The maximum atomic E-state index is 14.5. The van der Waals surface area contributed by atoms with Gasteiger partial charge in [-0.25, -0.2) is 4.79 Å². The van der Waals surface area contributed by atoms with E-state index in [0.717, 1.165) is 15.3 Å². The van der Waals surface area contributed by atoms with Crippen LogP contribution in [0.15, 0.2) is 58.9 Å². The van der Waals surface area contributed by atoms with Crippen molar-refractivity contribution >= 4 is 29.1 Å². The normalized spacial score (nSPS) is 21.3. The number of rotatable bonds is 7. The van der Waals surface area contributed by atoms with Gasteiger partial charge in [0.15, 0.2) is 5.78 Å². The van der Waals surface area contributed by atoms with Gasteiger partial charge in [-0.15, -0.1) is 11.3 Å². The highest BCUT2D eigenvalue weighted by Crippen LogP contribution is 2.51. The summed E-state index contributed by atoms with van der Waals surface area (Å²) in [7, 11) is 1.57. The lowest BCUT2D eigenvalue weighted by Crippen LogP contribution is -2.43. The summed E-state index contributed by atoms with van der Waals surface area (Å²) in [5.74, 6) is -3.01. The van der Waals surface area contributed by atoms with Crippen LogP contribution in [0.1, 0.15) is 75.1 Å². The SMILES string of the molecule is CCOC(=O)C1=C(C)NC2=C(C(=O)[C@H](C(=O)OCC)[C@@H](c3ccccc3OC)C2)[C@@H]1c1ccc(C(C)(C)C)s1. The number of hydrogen-bond acceptors (Lipinski definition) is 8. The van der Waals surface area contributed by atoms with E-state index in [4.69, 9.17) is 14.2 Å². The Morgan fingerprint density at radius 2 is 1.74 bits per heavy atom. The van der Waals surface area contributed by atoms with E-state index in [1.54, 1.807) is 32.3 Å². The van der Waals surface area contributed by atoms with Gasteiger partial charge in [0.1, 0.15) is 11.7 Å². The zero-order chi connectivity index (χ0) is 28.5. The number of hydrogen-bond donors (Lipinski definition) is 1. The molecule has 1 N–H and O–H groups in total. The van der Waals surface area contributed by atoms with Gasteiger partial charge < -0.3 is 19.5 Å². The van der Waals surface area contributed by atoms with Crippen LogP contribution in [-0.2, 0) is 29.3 Å². The molecular formula is C31H37NO6S. The van der Waals surface area contributed by atoms with Crippen LogP contribution in [0.2, 0.25) is 0 Å². The molecule has 0 unspecified atom stereocenters. The van der Waals surface area contributed by atoms with Gasteiger partial charge in [-0.1, -0.05) is 39.0 Å². The van der Waals surface area contributed by atoms with Crippen molar-refractivity contribution in [3.05, 3.63) is 74.3 Å². The molecule has 1 aromatic carbocycles. The average molecular weight is 552 g/mol. The number of nitrogens with one attached hydrogen (secondary N) is 1. The van der Waals surface area contributed by atoms with E-state index in [1.807, 2.05) is 43.3 Å². The minimum atomic E-state index is -1.08. The number of dihydropyridines is 1. The van der Waals surface area contributed by atoms with E-state index in [0.29, 0.717) is 34.7 Å². The van der Waals surface area contributed by atoms with Crippen molar-refractivity contribution in [1.29, 1.82) is 0 Å². The summed E-state index contributed by atoms with van der Waals surface area (Å²) in [6.45, 7) is 12.1. The molecule has 0 bridgehead atoms. The lowest BCUT2D eigenvalue weighted by atomic mass is 9.68. The van der Waals surface area contributed by atoms with Crippen molar-refractivity contribution in [2.75, 3.05) is 20.3 Å². The molecule has 208 valence electrons. The topological polar surface area (TPSA) is 90.9 Å². The van der Waals surface area contributed by atoms with Gasteiger partial charge in [0.25, 0.3) is 0 Å². The largest absolute Gasteiger partial charge is 0.496 e. The number of para-hydroxylation sites is 1. The predicted octanol–water partition coefficient (Wildman–Crippen LogP) is 5.77. The number of ketones is 1. The van der Waals surface area contributed by atoms with Gasteiger partial charge >= 0.3 is 11.9 Å². The van der Waals surface area contributed by atoms with Crippen molar-refractivity contribution < 1.29 is 28.6 Å². The van der Waals surface area contributed by atoms with Crippen LogP contribution in [0, 0.1) is 5.92 Å². The third-order valence-corrected chi connectivity index (χ3v) is 8.82. The molecule has 0 spiro atoms. The maximum Gasteiger partial charge on any atom is 0.336 e. The quantitative estimate of drug-likeness (QED) is 0.345. The highest BCUT2D eigenvalue weighted by Gasteiger charge is 2.50. The molecule has 39 heavy (non-hydrogen) atoms. The van der Waals surface area contributed by atoms with Crippen molar-refractivity contribution in [1.82, 2.24) is 5.32 Å². The molecule has 0 fully saturated rings. The summed E-state index contributed by atoms with van der Waals surface area (Å²) in [4.78, 5) is 43.2. The molecule has 4 rings (SSSR count). The van der Waals surface area contributed by atoms with Crippen LogP contribution in [0.25, 0.3) is 0 Å². The Labute approximate surface area is 234 Å². The number of carbonyl (C=O) groups excluding carboxylic acids is 3. The molecular weight excluding hydrogens is 514 g/mol. The predicted molar refractivity (Wildman–Crippen MR) is 151 cm³/mol. The van der Waals surface area contributed by atoms with Crippen molar-refractivity contribution in [2.45, 2.75) is 65.2 Å². The van der Waals surface area contributed by atoms with Crippen LogP contribution in [-0.4, -0.2) is 38.0 Å². The molecule has 7 nitrogen and oxygen atoms in total. The number of ether oxygens (including phenoxy) is 3. The van der Waals surface area contributed by atoms with Gasteiger partial charge in [-0.2, -0.15) is 0 Å². The minimum absolute atomic E-state index is 0.102. The first-order valence-electron chi connectivity index (χ1n) is 13.3. The first kappa shape index (κ1) is 28.6. The second-order valence-corrected chi connectivity index (χ2v) is 11.9. The lowest BCUT2D eigenvalue weighted by Gasteiger charge is -2.39. The van der Waals surface area contributed by atoms with E-state index in [-0.39, 0.29) is 24.4 Å². The van der Waals surface area contributed by atoms with Gasteiger partial charge in [0, 0.05) is 32.6 Å². The Morgan fingerprint density at radius 3 is 2.36 bits per heavy atom. The Kier molecular flexibility index (Phi) is 8.35. The van der Waals surface area contributed by atoms with E-state index in [9.17, 15) is 14.4 Å². The number of esters is 2. The number of benzene rings is 1. The van der Waals surface area contributed by atoms with Gasteiger partial charge in [-0.05, 0) is 56.4 Å². The third kappa shape index (κ3) is 5.39. The molecule has 0 radical (unpaired) electrons. The van der Waals surface area contributed by atoms with Gasteiger partial charge in [-0.3, -0.25) is 9.59 Å². The zero-order valence-corrected chi connectivity index (χ0v) is 24.5. The Bertz CT molecular complexity index is 1340. The van der Waals surface area contributed by atoms with Crippen molar-refractivity contribution in [3.63, 3.8) is 0 Å². The fourth-order valence-corrected chi connectivity index (χ4v) is 6.66. The smallest absolute Gasteiger partial charge is 0.336 e. The summed E-state index contributed by atoms with van der Waals surface area (Å²) in [6, 6.07) is 11.5. The van der Waals surface area contributed by atoms with Crippen LogP contribution >= 0.6 is 11.3 Å². The Balaban J connectivity index is 1.92. The average Bonchev–Trinajstić information content (AvgIpc) is 3.39. The third-order valence-electron chi connectivity index (χ3n) is 7.24. The first-order valence-corrected chi connectivity index (χ1v) is 14.2. The zero-order valence-electron chi connectivity index (χ0n) is 23.7. The summed E-state index contributed by atoms with van der Waals surface area (Å²) in [6.07, 6.45) is 0.381. The van der Waals surface area contributed by atoms with E-state index >= 15 is 0 Å². The van der Waals surface area contributed by atoms with Gasteiger partial charge in [0.2, 0.25) is 0 Å². The molecule has 8 heteroatoms. The molecule has 0 saturated heterocycles. The second-order valence-electron chi connectivity index (χ2n) is 10.8. The Morgan fingerprint density at radius 1 is 1.05 bits per heavy atom. The molecule has 1 aliphatic heterocycles.